The fraction of sp³-hybridized carbons (Fsp3) is 0.600. The Bertz CT molecular complexity index is 605. The van der Waals surface area contributed by atoms with Gasteiger partial charge in [-0.3, -0.25) is 9.59 Å². The molecule has 130 valence electrons. The van der Waals surface area contributed by atoms with Gasteiger partial charge >= 0.3 is 0 Å². The number of amides is 2. The first-order valence-electron chi connectivity index (χ1n) is 9.25. The maximum absolute atomic E-state index is 12.9. The molecule has 1 aliphatic carbocycles. The number of hydrogen-bond donors (Lipinski definition) is 1. The SMILES string of the molecule is CC(C)CC(C(=O)NC1CCCCC1)N1Cc2ccccc2C1=O. The minimum Gasteiger partial charge on any atom is -0.352 e. The summed E-state index contributed by atoms with van der Waals surface area (Å²) in [5, 5.41) is 3.22. The highest BCUT2D eigenvalue weighted by Crippen LogP contribution is 2.27. The molecule has 0 saturated heterocycles. The van der Waals surface area contributed by atoms with Crippen molar-refractivity contribution in [2.24, 2.45) is 5.92 Å². The zero-order valence-corrected chi connectivity index (χ0v) is 14.8. The minimum atomic E-state index is -0.369. The standard InChI is InChI=1S/C20H28N2O2/c1-14(2)12-18(19(23)21-16-9-4-3-5-10-16)22-13-15-8-6-7-11-17(15)20(22)24/h6-8,11,14,16,18H,3-5,9-10,12-13H2,1-2H3,(H,21,23). The molecule has 4 nitrogen and oxygen atoms in total. The quantitative estimate of drug-likeness (QED) is 0.899. The maximum atomic E-state index is 12.9. The Balaban J connectivity index is 1.74. The van der Waals surface area contributed by atoms with Gasteiger partial charge in [0.1, 0.15) is 6.04 Å². The van der Waals surface area contributed by atoms with E-state index in [-0.39, 0.29) is 23.9 Å². The lowest BCUT2D eigenvalue weighted by Gasteiger charge is -2.31. The second-order valence-corrected chi connectivity index (χ2v) is 7.58. The first kappa shape index (κ1) is 17.0. The first-order chi connectivity index (χ1) is 11.6. The molecule has 24 heavy (non-hydrogen) atoms. The van der Waals surface area contributed by atoms with Crippen molar-refractivity contribution in [3.8, 4) is 0 Å². The molecule has 1 N–H and O–H groups in total. The predicted octanol–water partition coefficient (Wildman–Crippen LogP) is 3.51. The molecule has 3 rings (SSSR count). The van der Waals surface area contributed by atoms with Gasteiger partial charge in [0.25, 0.3) is 5.91 Å². The van der Waals surface area contributed by atoms with Crippen LogP contribution in [0.2, 0.25) is 0 Å². The van der Waals surface area contributed by atoms with Crippen molar-refractivity contribution in [1.82, 2.24) is 10.2 Å². The second-order valence-electron chi connectivity index (χ2n) is 7.58. The Morgan fingerprint density at radius 3 is 2.58 bits per heavy atom. The van der Waals surface area contributed by atoms with Gasteiger partial charge < -0.3 is 10.2 Å². The van der Waals surface area contributed by atoms with Crippen LogP contribution in [0.3, 0.4) is 0 Å². The van der Waals surface area contributed by atoms with E-state index in [1.54, 1.807) is 4.90 Å². The summed E-state index contributed by atoms with van der Waals surface area (Å²) in [5.41, 5.74) is 1.78. The Morgan fingerprint density at radius 2 is 1.92 bits per heavy atom. The first-order valence-corrected chi connectivity index (χ1v) is 9.25. The molecule has 0 radical (unpaired) electrons. The average Bonchev–Trinajstić information content (AvgIpc) is 2.90. The molecule has 1 aromatic carbocycles. The number of rotatable bonds is 5. The fourth-order valence-corrected chi connectivity index (χ4v) is 3.90. The van der Waals surface area contributed by atoms with E-state index in [4.69, 9.17) is 0 Å². The molecular weight excluding hydrogens is 300 g/mol. The molecule has 2 amide bonds. The van der Waals surface area contributed by atoms with Gasteiger partial charge in [0.2, 0.25) is 5.91 Å². The van der Waals surface area contributed by atoms with Gasteiger partial charge in [-0.1, -0.05) is 51.3 Å². The Labute approximate surface area is 144 Å². The summed E-state index contributed by atoms with van der Waals surface area (Å²) in [6.45, 7) is 4.76. The molecule has 0 bridgehead atoms. The second kappa shape index (κ2) is 7.37. The molecule has 0 spiro atoms. The molecule has 0 aromatic heterocycles. The lowest BCUT2D eigenvalue weighted by atomic mass is 9.94. The fourth-order valence-electron chi connectivity index (χ4n) is 3.90. The highest BCUT2D eigenvalue weighted by Gasteiger charge is 2.37. The molecule has 1 saturated carbocycles. The summed E-state index contributed by atoms with van der Waals surface area (Å²) in [6, 6.07) is 7.60. The van der Waals surface area contributed by atoms with Crippen LogP contribution in [-0.2, 0) is 11.3 Å². The van der Waals surface area contributed by atoms with Crippen LogP contribution in [-0.4, -0.2) is 28.8 Å². The number of carbonyl (C=O) groups excluding carboxylic acids is 2. The van der Waals surface area contributed by atoms with Crippen molar-refractivity contribution >= 4 is 11.8 Å². The molecule has 1 heterocycles. The minimum absolute atomic E-state index is 0.00459. The largest absolute Gasteiger partial charge is 0.352 e. The van der Waals surface area contributed by atoms with Gasteiger partial charge in [-0.05, 0) is 36.8 Å². The zero-order valence-electron chi connectivity index (χ0n) is 14.8. The van der Waals surface area contributed by atoms with Crippen molar-refractivity contribution < 1.29 is 9.59 Å². The highest BCUT2D eigenvalue weighted by atomic mass is 16.2. The van der Waals surface area contributed by atoms with E-state index in [0.717, 1.165) is 24.0 Å². The maximum Gasteiger partial charge on any atom is 0.255 e. The molecule has 2 aliphatic rings. The number of hydrogen-bond acceptors (Lipinski definition) is 2. The van der Waals surface area contributed by atoms with Gasteiger partial charge in [0.05, 0.1) is 0 Å². The van der Waals surface area contributed by atoms with E-state index in [9.17, 15) is 9.59 Å². The van der Waals surface area contributed by atoms with Crippen LogP contribution in [0, 0.1) is 5.92 Å². The lowest BCUT2D eigenvalue weighted by molar-refractivity contribution is -0.127. The van der Waals surface area contributed by atoms with Gasteiger partial charge in [0, 0.05) is 18.2 Å². The average molecular weight is 328 g/mol. The van der Waals surface area contributed by atoms with Crippen LogP contribution >= 0.6 is 0 Å². The summed E-state index contributed by atoms with van der Waals surface area (Å²) in [6.07, 6.45) is 6.48. The summed E-state index contributed by atoms with van der Waals surface area (Å²) in [7, 11) is 0. The number of nitrogens with zero attached hydrogens (tertiary/aromatic N) is 1. The van der Waals surface area contributed by atoms with Crippen LogP contribution in [0.4, 0.5) is 0 Å². The van der Waals surface area contributed by atoms with Crippen LogP contribution < -0.4 is 5.32 Å². The Kier molecular flexibility index (Phi) is 5.22. The number of fused-ring (bicyclic) bond motifs is 1. The summed E-state index contributed by atoms with van der Waals surface area (Å²) in [5.74, 6) is 0.385. The molecule has 4 heteroatoms. The Morgan fingerprint density at radius 1 is 1.21 bits per heavy atom. The number of nitrogens with one attached hydrogen (secondary N) is 1. The van der Waals surface area contributed by atoms with E-state index in [1.165, 1.54) is 19.3 Å². The molecular formula is C20H28N2O2. The zero-order chi connectivity index (χ0) is 17.1. The number of carbonyl (C=O) groups is 2. The molecule has 1 unspecified atom stereocenters. The third-order valence-electron chi connectivity index (χ3n) is 5.17. The summed E-state index contributed by atoms with van der Waals surface area (Å²) < 4.78 is 0. The van der Waals surface area contributed by atoms with Gasteiger partial charge in [-0.2, -0.15) is 0 Å². The van der Waals surface area contributed by atoms with E-state index in [2.05, 4.69) is 19.2 Å². The van der Waals surface area contributed by atoms with E-state index in [1.807, 2.05) is 24.3 Å². The highest BCUT2D eigenvalue weighted by molar-refractivity contribution is 6.01. The van der Waals surface area contributed by atoms with Crippen molar-refractivity contribution in [1.29, 1.82) is 0 Å². The smallest absolute Gasteiger partial charge is 0.255 e. The normalized spacial score (nSPS) is 19.5. The van der Waals surface area contributed by atoms with Crippen LogP contribution in [0.1, 0.15) is 68.3 Å². The molecule has 1 aromatic rings. The van der Waals surface area contributed by atoms with E-state index < -0.39 is 0 Å². The van der Waals surface area contributed by atoms with E-state index >= 15 is 0 Å². The van der Waals surface area contributed by atoms with Gasteiger partial charge in [-0.15, -0.1) is 0 Å². The molecule has 1 atom stereocenters. The van der Waals surface area contributed by atoms with E-state index in [0.29, 0.717) is 18.9 Å². The summed E-state index contributed by atoms with van der Waals surface area (Å²) in [4.78, 5) is 27.5. The van der Waals surface area contributed by atoms with Crippen molar-refractivity contribution in [3.63, 3.8) is 0 Å². The van der Waals surface area contributed by atoms with Crippen molar-refractivity contribution in [2.45, 2.75) is 71.0 Å². The molecule has 1 fully saturated rings. The van der Waals surface area contributed by atoms with Gasteiger partial charge in [-0.25, -0.2) is 0 Å². The lowest BCUT2D eigenvalue weighted by Crippen LogP contribution is -2.50. The van der Waals surface area contributed by atoms with Crippen LogP contribution in [0.15, 0.2) is 24.3 Å². The van der Waals surface area contributed by atoms with Crippen LogP contribution in [0.25, 0.3) is 0 Å². The Hall–Kier alpha value is -1.84. The third-order valence-corrected chi connectivity index (χ3v) is 5.17. The van der Waals surface area contributed by atoms with Gasteiger partial charge in [0.15, 0.2) is 0 Å². The topological polar surface area (TPSA) is 49.4 Å². The monoisotopic (exact) mass is 328 g/mol. The predicted molar refractivity (Wildman–Crippen MR) is 94.6 cm³/mol. The van der Waals surface area contributed by atoms with Crippen LogP contribution in [0.5, 0.6) is 0 Å². The number of benzene rings is 1. The third kappa shape index (κ3) is 3.63. The van der Waals surface area contributed by atoms with Crippen molar-refractivity contribution in [3.05, 3.63) is 35.4 Å². The summed E-state index contributed by atoms with van der Waals surface area (Å²) >= 11 is 0. The molecule has 1 aliphatic heterocycles. The van der Waals surface area contributed by atoms with Crippen molar-refractivity contribution in [2.75, 3.05) is 0 Å².